The van der Waals surface area contributed by atoms with Crippen LogP contribution in [0.25, 0.3) is 5.69 Å². The van der Waals surface area contributed by atoms with Gasteiger partial charge < -0.3 is 9.64 Å². The number of benzene rings is 1. The second-order valence-corrected chi connectivity index (χ2v) is 7.51. The summed E-state index contributed by atoms with van der Waals surface area (Å²) in [5, 5.41) is 8.94. The monoisotopic (exact) mass is 394 g/mol. The molecule has 0 unspecified atom stereocenters. The van der Waals surface area contributed by atoms with E-state index in [0.717, 1.165) is 17.1 Å². The van der Waals surface area contributed by atoms with Crippen molar-refractivity contribution in [2.24, 2.45) is 7.05 Å². The highest BCUT2D eigenvalue weighted by Crippen LogP contribution is 2.41. The Hall–Kier alpha value is -3.00. The molecule has 2 atom stereocenters. The molecule has 3 aromatic rings. The predicted molar refractivity (Wildman–Crippen MR) is 107 cm³/mol. The number of rotatable bonds is 5. The van der Waals surface area contributed by atoms with Crippen molar-refractivity contribution in [3.63, 3.8) is 0 Å². The highest BCUT2D eigenvalue weighted by atomic mass is 16.5. The standard InChI is InChI=1S/C21H26N6O2/c1-5-17-23-21(27(24-17)16-11-22-25(4)12-16)20-19(15-9-7-6-8-10-15)26(14(2)3)18(28)13-29-20/h6-12,14,19-20H,5,13H2,1-4H3/t19-,20+/m1/s1. The minimum atomic E-state index is -0.439. The average Bonchev–Trinajstić information content (AvgIpc) is 3.34. The molecular weight excluding hydrogens is 368 g/mol. The van der Waals surface area contributed by atoms with Gasteiger partial charge >= 0.3 is 0 Å². The maximum absolute atomic E-state index is 12.8. The molecule has 1 aliphatic heterocycles. The Morgan fingerprint density at radius 3 is 2.62 bits per heavy atom. The van der Waals surface area contributed by atoms with Gasteiger partial charge in [0.15, 0.2) is 11.6 Å². The van der Waals surface area contributed by atoms with E-state index >= 15 is 0 Å². The van der Waals surface area contributed by atoms with Gasteiger partial charge in [-0.25, -0.2) is 9.67 Å². The topological polar surface area (TPSA) is 78.1 Å². The van der Waals surface area contributed by atoms with Crippen molar-refractivity contribution >= 4 is 5.91 Å². The number of aryl methyl sites for hydroxylation is 2. The molecule has 1 aliphatic rings. The van der Waals surface area contributed by atoms with E-state index in [1.54, 1.807) is 15.6 Å². The van der Waals surface area contributed by atoms with Crippen LogP contribution >= 0.6 is 0 Å². The van der Waals surface area contributed by atoms with Crippen molar-refractivity contribution in [1.29, 1.82) is 0 Å². The third kappa shape index (κ3) is 3.55. The summed E-state index contributed by atoms with van der Waals surface area (Å²) in [6.45, 7) is 6.10. The van der Waals surface area contributed by atoms with Crippen LogP contribution in [0.4, 0.5) is 0 Å². The minimum absolute atomic E-state index is 0.0201. The predicted octanol–water partition coefficient (Wildman–Crippen LogP) is 2.61. The van der Waals surface area contributed by atoms with Gasteiger partial charge in [-0.3, -0.25) is 9.48 Å². The zero-order chi connectivity index (χ0) is 20.5. The van der Waals surface area contributed by atoms with Crippen LogP contribution in [0.5, 0.6) is 0 Å². The van der Waals surface area contributed by atoms with Crippen LogP contribution in [0.3, 0.4) is 0 Å². The summed E-state index contributed by atoms with van der Waals surface area (Å²) in [6, 6.07) is 9.72. The second-order valence-electron chi connectivity index (χ2n) is 7.51. The van der Waals surface area contributed by atoms with E-state index < -0.39 is 6.10 Å². The van der Waals surface area contributed by atoms with Gasteiger partial charge in [-0.2, -0.15) is 10.2 Å². The zero-order valence-electron chi connectivity index (χ0n) is 17.2. The van der Waals surface area contributed by atoms with Crippen LogP contribution in [0.1, 0.15) is 50.1 Å². The fraction of sp³-hybridized carbons (Fsp3) is 0.429. The van der Waals surface area contributed by atoms with Crippen LogP contribution in [-0.2, 0) is 23.0 Å². The lowest BCUT2D eigenvalue weighted by Crippen LogP contribution is -2.49. The normalized spacial score (nSPS) is 19.9. The summed E-state index contributed by atoms with van der Waals surface area (Å²) < 4.78 is 9.63. The third-order valence-electron chi connectivity index (χ3n) is 5.14. The maximum atomic E-state index is 12.8. The molecule has 3 heterocycles. The third-order valence-corrected chi connectivity index (χ3v) is 5.14. The molecule has 0 saturated carbocycles. The van der Waals surface area contributed by atoms with E-state index in [1.165, 1.54) is 0 Å². The number of hydrogen-bond donors (Lipinski definition) is 0. The Labute approximate surface area is 170 Å². The Kier molecular flexibility index (Phi) is 5.19. The molecule has 1 aromatic carbocycles. The lowest BCUT2D eigenvalue weighted by molar-refractivity contribution is -0.162. The lowest BCUT2D eigenvalue weighted by atomic mass is 9.95. The van der Waals surface area contributed by atoms with Crippen molar-refractivity contribution in [2.75, 3.05) is 6.61 Å². The van der Waals surface area contributed by atoms with Crippen molar-refractivity contribution in [2.45, 2.75) is 45.4 Å². The Bertz CT molecular complexity index is 994. The number of ether oxygens (including phenoxy) is 1. The Morgan fingerprint density at radius 1 is 1.24 bits per heavy atom. The summed E-state index contributed by atoms with van der Waals surface area (Å²) >= 11 is 0. The smallest absolute Gasteiger partial charge is 0.249 e. The lowest BCUT2D eigenvalue weighted by Gasteiger charge is -2.43. The molecule has 1 saturated heterocycles. The van der Waals surface area contributed by atoms with Crippen LogP contribution in [0, 0.1) is 0 Å². The molecule has 8 nitrogen and oxygen atoms in total. The number of hydrogen-bond acceptors (Lipinski definition) is 5. The summed E-state index contributed by atoms with van der Waals surface area (Å²) in [6.07, 6.45) is 3.91. The fourth-order valence-corrected chi connectivity index (χ4v) is 3.85. The first-order valence-electron chi connectivity index (χ1n) is 9.92. The van der Waals surface area contributed by atoms with Crippen molar-refractivity contribution in [3.8, 4) is 5.69 Å². The van der Waals surface area contributed by atoms with Crippen LogP contribution in [-0.4, -0.2) is 48.0 Å². The first-order valence-corrected chi connectivity index (χ1v) is 9.92. The van der Waals surface area contributed by atoms with Gasteiger partial charge in [0, 0.05) is 19.5 Å². The molecule has 0 radical (unpaired) electrons. The summed E-state index contributed by atoms with van der Waals surface area (Å²) in [5.74, 6) is 1.39. The van der Waals surface area contributed by atoms with E-state index in [4.69, 9.17) is 9.72 Å². The first-order chi connectivity index (χ1) is 14.0. The number of amides is 1. The quantitative estimate of drug-likeness (QED) is 0.665. The molecule has 0 spiro atoms. The van der Waals surface area contributed by atoms with E-state index in [0.29, 0.717) is 12.2 Å². The molecular formula is C21H26N6O2. The van der Waals surface area contributed by atoms with Crippen molar-refractivity contribution in [1.82, 2.24) is 29.4 Å². The maximum Gasteiger partial charge on any atom is 0.249 e. The highest BCUT2D eigenvalue weighted by molar-refractivity contribution is 5.79. The number of nitrogens with zero attached hydrogens (tertiary/aromatic N) is 6. The van der Waals surface area contributed by atoms with E-state index in [2.05, 4.69) is 10.2 Å². The van der Waals surface area contributed by atoms with Gasteiger partial charge in [-0.15, -0.1) is 0 Å². The molecule has 0 bridgehead atoms. The molecule has 8 heteroatoms. The van der Waals surface area contributed by atoms with E-state index in [1.807, 2.05) is 69.2 Å². The van der Waals surface area contributed by atoms with Gasteiger partial charge in [-0.05, 0) is 19.4 Å². The van der Waals surface area contributed by atoms with Crippen molar-refractivity contribution in [3.05, 3.63) is 59.9 Å². The second kappa shape index (κ2) is 7.79. The van der Waals surface area contributed by atoms with Gasteiger partial charge in [-0.1, -0.05) is 37.3 Å². The molecule has 0 N–H and O–H groups in total. The molecule has 4 rings (SSSR count). The summed E-state index contributed by atoms with van der Waals surface area (Å²) in [7, 11) is 1.86. The molecule has 1 amide bonds. The van der Waals surface area contributed by atoms with E-state index in [-0.39, 0.29) is 24.6 Å². The Morgan fingerprint density at radius 2 is 2.00 bits per heavy atom. The first kappa shape index (κ1) is 19.3. The van der Waals surface area contributed by atoms with E-state index in [9.17, 15) is 4.79 Å². The molecule has 29 heavy (non-hydrogen) atoms. The summed E-state index contributed by atoms with van der Waals surface area (Å²) in [4.78, 5) is 19.4. The molecule has 152 valence electrons. The van der Waals surface area contributed by atoms with Crippen LogP contribution in [0.15, 0.2) is 42.7 Å². The number of morpholine rings is 1. The van der Waals surface area contributed by atoms with Crippen molar-refractivity contribution < 1.29 is 9.53 Å². The zero-order valence-corrected chi connectivity index (χ0v) is 17.2. The van der Waals surface area contributed by atoms with Crippen LogP contribution in [0.2, 0.25) is 0 Å². The molecule has 2 aromatic heterocycles. The SMILES string of the molecule is CCc1nc([C@H]2OCC(=O)N(C(C)C)[C@@H]2c2ccccc2)n(-c2cnn(C)c2)n1. The number of carbonyl (C=O) groups excluding carboxylic acids is 1. The molecule has 0 aliphatic carbocycles. The summed E-state index contributed by atoms with van der Waals surface area (Å²) in [5.41, 5.74) is 1.83. The largest absolute Gasteiger partial charge is 0.358 e. The fourth-order valence-electron chi connectivity index (χ4n) is 3.85. The van der Waals surface area contributed by atoms with Crippen LogP contribution < -0.4 is 0 Å². The number of carbonyl (C=O) groups is 1. The van der Waals surface area contributed by atoms with Gasteiger partial charge in [0.05, 0.1) is 18.4 Å². The van der Waals surface area contributed by atoms with Gasteiger partial charge in [0.25, 0.3) is 0 Å². The van der Waals surface area contributed by atoms with Gasteiger partial charge in [0.2, 0.25) is 5.91 Å². The van der Waals surface area contributed by atoms with Gasteiger partial charge in [0.1, 0.15) is 18.4 Å². The minimum Gasteiger partial charge on any atom is -0.358 e. The highest BCUT2D eigenvalue weighted by Gasteiger charge is 2.42. The number of aromatic nitrogens is 5. The molecule has 1 fully saturated rings. The average molecular weight is 394 g/mol. The Balaban J connectivity index is 1.86.